The topological polar surface area (TPSA) is 92.2 Å². The molecule has 0 atom stereocenters. The van der Waals surface area contributed by atoms with Gasteiger partial charge in [-0.05, 0) is 26.0 Å². The van der Waals surface area contributed by atoms with Gasteiger partial charge in [0.15, 0.2) is 0 Å². The first-order valence-corrected chi connectivity index (χ1v) is 6.37. The molecule has 0 aliphatic carbocycles. The number of amides is 1. The second-order valence-corrected chi connectivity index (χ2v) is 4.67. The molecule has 0 spiro atoms. The Kier molecular flexibility index (Phi) is 3.02. The Balaban J connectivity index is 2.03. The molecule has 3 rings (SSSR count). The first kappa shape index (κ1) is 13.0. The number of aromatic amines is 1. The highest BCUT2D eigenvalue weighted by atomic mass is 16.2. The summed E-state index contributed by atoms with van der Waals surface area (Å²) in [7, 11) is 0. The minimum absolute atomic E-state index is 0.0151. The van der Waals surface area contributed by atoms with Gasteiger partial charge in [0.1, 0.15) is 11.2 Å². The molecule has 0 aliphatic rings. The van der Waals surface area contributed by atoms with Crippen molar-refractivity contribution in [2.24, 2.45) is 0 Å². The molecule has 0 fully saturated rings. The lowest BCUT2D eigenvalue weighted by Crippen LogP contribution is -2.26. The monoisotopic (exact) mass is 283 g/mol. The van der Waals surface area contributed by atoms with E-state index in [9.17, 15) is 9.59 Å². The molecule has 3 aromatic rings. The van der Waals surface area contributed by atoms with Gasteiger partial charge in [-0.25, -0.2) is 4.98 Å². The molecule has 0 aromatic carbocycles. The maximum Gasteiger partial charge on any atom is 0.270 e. The summed E-state index contributed by atoms with van der Waals surface area (Å²) in [6.45, 7) is 3.56. The van der Waals surface area contributed by atoms with Crippen molar-refractivity contribution >= 4 is 17.2 Å². The van der Waals surface area contributed by atoms with E-state index in [0.29, 0.717) is 17.0 Å². The first-order valence-electron chi connectivity index (χ1n) is 6.37. The third kappa shape index (κ3) is 2.18. The predicted molar refractivity (Wildman–Crippen MR) is 77.5 cm³/mol. The largest absolute Gasteiger partial charge is 0.319 e. The van der Waals surface area contributed by atoms with Crippen molar-refractivity contribution in [2.45, 2.75) is 13.8 Å². The van der Waals surface area contributed by atoms with Crippen molar-refractivity contribution < 1.29 is 4.79 Å². The summed E-state index contributed by atoms with van der Waals surface area (Å²) in [6, 6.07) is 5.19. The lowest BCUT2D eigenvalue weighted by atomic mass is 10.2. The second kappa shape index (κ2) is 4.86. The van der Waals surface area contributed by atoms with Crippen molar-refractivity contribution in [3.8, 4) is 0 Å². The summed E-state index contributed by atoms with van der Waals surface area (Å²) in [6.07, 6.45) is 2.87. The molecule has 7 heteroatoms. The number of hydrogen-bond donors (Lipinski definition) is 2. The molecule has 0 unspecified atom stereocenters. The fourth-order valence-electron chi connectivity index (χ4n) is 2.10. The molecular weight excluding hydrogens is 270 g/mol. The fourth-order valence-corrected chi connectivity index (χ4v) is 2.10. The molecular formula is C14H13N5O2. The number of fused-ring (bicyclic) bond motifs is 1. The zero-order chi connectivity index (χ0) is 15.0. The molecule has 0 aliphatic heterocycles. The maximum absolute atomic E-state index is 12.3. The Morgan fingerprint density at radius 1 is 1.33 bits per heavy atom. The van der Waals surface area contributed by atoms with Crippen LogP contribution in [0.15, 0.2) is 35.4 Å². The Hall–Kier alpha value is -2.96. The number of nitrogens with one attached hydrogen (secondary N) is 2. The van der Waals surface area contributed by atoms with Crippen LogP contribution in [0, 0.1) is 13.8 Å². The van der Waals surface area contributed by atoms with Gasteiger partial charge in [-0.2, -0.15) is 5.10 Å². The molecule has 3 heterocycles. The fraction of sp³-hybridized carbons (Fsp3) is 0.143. The van der Waals surface area contributed by atoms with E-state index in [1.54, 1.807) is 38.2 Å². The minimum Gasteiger partial charge on any atom is -0.319 e. The van der Waals surface area contributed by atoms with E-state index in [0.717, 1.165) is 5.69 Å². The van der Waals surface area contributed by atoms with Crippen LogP contribution in [0.4, 0.5) is 5.69 Å². The molecule has 2 N–H and O–H groups in total. The SMILES string of the molecule is Cc1n[nH]c(C)c1NC(=O)c1cnc2ccccn2c1=O. The molecule has 1 amide bonds. The lowest BCUT2D eigenvalue weighted by Gasteiger charge is -2.06. The zero-order valence-corrected chi connectivity index (χ0v) is 11.5. The number of rotatable bonds is 2. The summed E-state index contributed by atoms with van der Waals surface area (Å²) in [5, 5.41) is 9.47. The Morgan fingerprint density at radius 2 is 2.14 bits per heavy atom. The second-order valence-electron chi connectivity index (χ2n) is 4.67. The van der Waals surface area contributed by atoms with Crippen molar-refractivity contribution in [3.63, 3.8) is 0 Å². The zero-order valence-electron chi connectivity index (χ0n) is 11.5. The number of carbonyl (C=O) groups excluding carboxylic acids is 1. The Labute approximate surface area is 119 Å². The summed E-state index contributed by atoms with van der Waals surface area (Å²) in [5.41, 5.74) is 2.05. The third-order valence-corrected chi connectivity index (χ3v) is 3.22. The van der Waals surface area contributed by atoms with E-state index in [2.05, 4.69) is 20.5 Å². The third-order valence-electron chi connectivity index (χ3n) is 3.22. The van der Waals surface area contributed by atoms with Crippen molar-refractivity contribution in [1.82, 2.24) is 19.6 Å². The Morgan fingerprint density at radius 3 is 2.86 bits per heavy atom. The average molecular weight is 283 g/mol. The molecule has 21 heavy (non-hydrogen) atoms. The maximum atomic E-state index is 12.3. The minimum atomic E-state index is -0.502. The van der Waals surface area contributed by atoms with E-state index in [4.69, 9.17) is 0 Å². The smallest absolute Gasteiger partial charge is 0.270 e. The number of hydrogen-bond acceptors (Lipinski definition) is 4. The number of pyridine rings is 1. The predicted octanol–water partition coefficient (Wildman–Crippen LogP) is 1.29. The molecule has 3 aromatic heterocycles. The van der Waals surface area contributed by atoms with Gasteiger partial charge in [0.2, 0.25) is 0 Å². The van der Waals surface area contributed by atoms with Gasteiger partial charge in [-0.3, -0.25) is 19.1 Å². The summed E-state index contributed by atoms with van der Waals surface area (Å²) in [4.78, 5) is 28.7. The summed E-state index contributed by atoms with van der Waals surface area (Å²) in [5.74, 6) is -0.502. The van der Waals surface area contributed by atoms with Crippen molar-refractivity contribution in [2.75, 3.05) is 5.32 Å². The number of carbonyl (C=O) groups is 1. The van der Waals surface area contributed by atoms with Crippen LogP contribution in [0.5, 0.6) is 0 Å². The van der Waals surface area contributed by atoms with Crippen LogP contribution in [-0.2, 0) is 0 Å². The van der Waals surface area contributed by atoms with Gasteiger partial charge in [0.25, 0.3) is 11.5 Å². The van der Waals surface area contributed by atoms with E-state index >= 15 is 0 Å². The number of H-pyrrole nitrogens is 1. The highest BCUT2D eigenvalue weighted by Gasteiger charge is 2.16. The van der Waals surface area contributed by atoms with E-state index < -0.39 is 11.5 Å². The van der Waals surface area contributed by atoms with Gasteiger partial charge in [-0.15, -0.1) is 0 Å². The number of anilines is 1. The van der Waals surface area contributed by atoms with Crippen LogP contribution in [0.2, 0.25) is 0 Å². The van der Waals surface area contributed by atoms with Crippen LogP contribution in [0.25, 0.3) is 5.65 Å². The van der Waals surface area contributed by atoms with Crippen LogP contribution in [0.3, 0.4) is 0 Å². The van der Waals surface area contributed by atoms with Gasteiger partial charge in [0, 0.05) is 12.4 Å². The number of aromatic nitrogens is 4. The first-order chi connectivity index (χ1) is 10.1. The van der Waals surface area contributed by atoms with Crippen LogP contribution < -0.4 is 10.9 Å². The standard InChI is InChI=1S/C14H13N5O2/c1-8-12(9(2)18-17-8)16-13(20)10-7-15-11-5-3-4-6-19(11)14(10)21/h3-7H,1-2H3,(H,16,20)(H,17,18). The molecule has 0 bridgehead atoms. The summed E-state index contributed by atoms with van der Waals surface area (Å²) >= 11 is 0. The van der Waals surface area contributed by atoms with Crippen molar-refractivity contribution in [3.05, 3.63) is 57.9 Å². The number of aryl methyl sites for hydroxylation is 2. The van der Waals surface area contributed by atoms with Gasteiger partial charge < -0.3 is 5.32 Å². The molecule has 0 saturated heterocycles. The molecule has 7 nitrogen and oxygen atoms in total. The van der Waals surface area contributed by atoms with Gasteiger partial charge in [-0.1, -0.05) is 6.07 Å². The van der Waals surface area contributed by atoms with E-state index in [1.807, 2.05) is 0 Å². The van der Waals surface area contributed by atoms with E-state index in [-0.39, 0.29) is 5.56 Å². The molecule has 0 radical (unpaired) electrons. The number of nitrogens with zero attached hydrogens (tertiary/aromatic N) is 3. The highest BCUT2D eigenvalue weighted by Crippen LogP contribution is 2.16. The average Bonchev–Trinajstić information content (AvgIpc) is 2.79. The van der Waals surface area contributed by atoms with Gasteiger partial charge in [0.05, 0.1) is 17.1 Å². The highest BCUT2D eigenvalue weighted by molar-refractivity contribution is 6.04. The molecule has 106 valence electrons. The van der Waals surface area contributed by atoms with Crippen LogP contribution in [-0.4, -0.2) is 25.5 Å². The van der Waals surface area contributed by atoms with Gasteiger partial charge >= 0.3 is 0 Å². The Bertz CT molecular complexity index is 874. The quantitative estimate of drug-likeness (QED) is 0.741. The van der Waals surface area contributed by atoms with E-state index in [1.165, 1.54) is 10.6 Å². The normalized spacial score (nSPS) is 10.8. The van der Waals surface area contributed by atoms with Crippen LogP contribution in [0.1, 0.15) is 21.7 Å². The van der Waals surface area contributed by atoms with Crippen molar-refractivity contribution in [1.29, 1.82) is 0 Å². The summed E-state index contributed by atoms with van der Waals surface area (Å²) < 4.78 is 1.34. The van der Waals surface area contributed by atoms with Crippen LogP contribution >= 0.6 is 0 Å². The molecule has 0 saturated carbocycles. The lowest BCUT2D eigenvalue weighted by molar-refractivity contribution is 0.102.